The summed E-state index contributed by atoms with van der Waals surface area (Å²) >= 11 is 7.69. The number of para-hydroxylation sites is 1. The number of aromatic nitrogens is 3. The lowest BCUT2D eigenvalue weighted by Gasteiger charge is -1.96. The van der Waals surface area contributed by atoms with Crippen LogP contribution in [0.2, 0.25) is 5.15 Å². The zero-order chi connectivity index (χ0) is 14.6. The standard InChI is InChI=1S/C14H10ClN3O2S/c15-12-10(13(19)20)11(7-5-6-7)17-18(12)14-16-8-3-1-2-4-9(8)21-14/h1-4,7H,5-6H2,(H,19,20). The van der Waals surface area contributed by atoms with E-state index in [1.165, 1.54) is 16.0 Å². The van der Waals surface area contributed by atoms with Crippen molar-refractivity contribution in [3.05, 3.63) is 40.7 Å². The molecule has 0 saturated heterocycles. The molecular weight excluding hydrogens is 310 g/mol. The molecule has 7 heteroatoms. The maximum Gasteiger partial charge on any atom is 0.340 e. The zero-order valence-corrected chi connectivity index (χ0v) is 12.4. The molecule has 0 bridgehead atoms. The Morgan fingerprint density at radius 3 is 2.81 bits per heavy atom. The van der Waals surface area contributed by atoms with Crippen LogP contribution in [0.25, 0.3) is 15.3 Å². The first-order chi connectivity index (χ1) is 10.1. The van der Waals surface area contributed by atoms with Gasteiger partial charge in [0.05, 0.1) is 15.9 Å². The maximum absolute atomic E-state index is 11.4. The van der Waals surface area contributed by atoms with E-state index in [0.29, 0.717) is 10.8 Å². The summed E-state index contributed by atoms with van der Waals surface area (Å²) < 4.78 is 2.47. The van der Waals surface area contributed by atoms with E-state index in [1.54, 1.807) is 0 Å². The summed E-state index contributed by atoms with van der Waals surface area (Å²) in [7, 11) is 0. The van der Waals surface area contributed by atoms with E-state index in [9.17, 15) is 9.90 Å². The summed E-state index contributed by atoms with van der Waals surface area (Å²) in [4.78, 5) is 15.9. The highest BCUT2D eigenvalue weighted by molar-refractivity contribution is 7.20. The number of thiazole rings is 1. The highest BCUT2D eigenvalue weighted by atomic mass is 35.5. The van der Waals surface area contributed by atoms with Crippen LogP contribution < -0.4 is 0 Å². The second-order valence-corrected chi connectivity index (χ2v) is 6.37. The highest BCUT2D eigenvalue weighted by Crippen LogP contribution is 2.43. The smallest absolute Gasteiger partial charge is 0.340 e. The van der Waals surface area contributed by atoms with Crippen molar-refractivity contribution in [2.45, 2.75) is 18.8 Å². The van der Waals surface area contributed by atoms with Crippen LogP contribution in [0.4, 0.5) is 0 Å². The Hall–Kier alpha value is -1.92. The van der Waals surface area contributed by atoms with Gasteiger partial charge < -0.3 is 5.11 Å². The van der Waals surface area contributed by atoms with Crippen molar-refractivity contribution < 1.29 is 9.90 Å². The van der Waals surface area contributed by atoms with E-state index >= 15 is 0 Å². The van der Waals surface area contributed by atoms with Gasteiger partial charge in [0.25, 0.3) is 0 Å². The maximum atomic E-state index is 11.4. The molecule has 0 spiro atoms. The second kappa shape index (κ2) is 4.54. The number of carbonyl (C=O) groups is 1. The third kappa shape index (κ3) is 2.02. The molecule has 1 aliphatic rings. The Bertz CT molecular complexity index is 833. The van der Waals surface area contributed by atoms with Gasteiger partial charge in [0, 0.05) is 5.92 Å². The number of hydrogen-bond donors (Lipinski definition) is 1. The van der Waals surface area contributed by atoms with Crippen LogP contribution in [0, 0.1) is 0 Å². The lowest BCUT2D eigenvalue weighted by Crippen LogP contribution is -1.99. The molecule has 0 aliphatic heterocycles. The Kier molecular flexibility index (Phi) is 2.77. The van der Waals surface area contributed by atoms with Crippen LogP contribution in [0.3, 0.4) is 0 Å². The van der Waals surface area contributed by atoms with E-state index in [1.807, 2.05) is 24.3 Å². The summed E-state index contributed by atoms with van der Waals surface area (Å²) in [5, 5.41) is 14.5. The molecule has 0 radical (unpaired) electrons. The van der Waals surface area contributed by atoms with E-state index in [-0.39, 0.29) is 16.6 Å². The molecule has 1 saturated carbocycles. The van der Waals surface area contributed by atoms with Crippen molar-refractivity contribution in [3.63, 3.8) is 0 Å². The minimum absolute atomic E-state index is 0.110. The van der Waals surface area contributed by atoms with Crippen molar-refractivity contribution in [2.24, 2.45) is 0 Å². The first-order valence-electron chi connectivity index (χ1n) is 6.53. The van der Waals surface area contributed by atoms with Gasteiger partial charge in [-0.15, -0.1) is 0 Å². The molecule has 4 rings (SSSR count). The van der Waals surface area contributed by atoms with E-state index in [0.717, 1.165) is 23.1 Å². The number of fused-ring (bicyclic) bond motifs is 1. The largest absolute Gasteiger partial charge is 0.478 e. The lowest BCUT2D eigenvalue weighted by atomic mass is 10.2. The average molecular weight is 320 g/mol. The van der Waals surface area contributed by atoms with Gasteiger partial charge >= 0.3 is 5.97 Å². The van der Waals surface area contributed by atoms with Crippen LogP contribution in [0.5, 0.6) is 0 Å². The first-order valence-corrected chi connectivity index (χ1v) is 7.72. The van der Waals surface area contributed by atoms with E-state index in [2.05, 4.69) is 10.1 Å². The topological polar surface area (TPSA) is 68.0 Å². The summed E-state index contributed by atoms with van der Waals surface area (Å²) in [6, 6.07) is 7.72. The lowest BCUT2D eigenvalue weighted by molar-refractivity contribution is 0.0696. The van der Waals surface area contributed by atoms with Gasteiger partial charge in [-0.3, -0.25) is 0 Å². The van der Waals surface area contributed by atoms with Gasteiger partial charge in [-0.25, -0.2) is 9.78 Å². The molecule has 1 fully saturated rings. The molecule has 2 heterocycles. The number of carboxylic acids is 1. The van der Waals surface area contributed by atoms with Gasteiger partial charge in [0.1, 0.15) is 10.7 Å². The third-order valence-electron chi connectivity index (χ3n) is 3.50. The van der Waals surface area contributed by atoms with Gasteiger partial charge in [-0.2, -0.15) is 9.78 Å². The number of halogens is 1. The summed E-state index contributed by atoms with van der Waals surface area (Å²) in [6.07, 6.45) is 1.93. The van der Waals surface area contributed by atoms with Crippen molar-refractivity contribution in [2.75, 3.05) is 0 Å². The zero-order valence-electron chi connectivity index (χ0n) is 10.8. The van der Waals surface area contributed by atoms with Gasteiger partial charge in [-0.1, -0.05) is 35.1 Å². The minimum atomic E-state index is -1.03. The molecule has 0 unspecified atom stereocenters. The quantitative estimate of drug-likeness (QED) is 0.799. The van der Waals surface area contributed by atoms with Crippen molar-refractivity contribution in [1.82, 2.24) is 14.8 Å². The number of benzene rings is 1. The Morgan fingerprint density at radius 1 is 1.38 bits per heavy atom. The van der Waals surface area contributed by atoms with Crippen LogP contribution in [0.1, 0.15) is 34.8 Å². The van der Waals surface area contributed by atoms with Gasteiger partial charge in [0.2, 0.25) is 5.13 Å². The molecule has 1 aliphatic carbocycles. The number of hydrogen-bond acceptors (Lipinski definition) is 4. The fourth-order valence-electron chi connectivity index (χ4n) is 2.33. The van der Waals surface area contributed by atoms with Crippen molar-refractivity contribution in [3.8, 4) is 5.13 Å². The highest BCUT2D eigenvalue weighted by Gasteiger charge is 2.34. The van der Waals surface area contributed by atoms with Crippen LogP contribution in [-0.4, -0.2) is 25.8 Å². The third-order valence-corrected chi connectivity index (χ3v) is 4.86. The SMILES string of the molecule is O=C(O)c1c(C2CC2)nn(-c2nc3ccccc3s2)c1Cl. The Balaban J connectivity index is 1.91. The number of rotatable bonds is 3. The number of carboxylic acid groups (broad SMARTS) is 1. The molecule has 3 aromatic rings. The number of aromatic carboxylic acids is 1. The monoisotopic (exact) mass is 319 g/mol. The molecule has 1 N–H and O–H groups in total. The van der Waals surface area contributed by atoms with Crippen LogP contribution in [0.15, 0.2) is 24.3 Å². The molecule has 0 amide bonds. The molecule has 106 valence electrons. The van der Waals surface area contributed by atoms with Gasteiger partial charge in [-0.05, 0) is 25.0 Å². The normalized spacial score (nSPS) is 14.7. The first kappa shape index (κ1) is 12.8. The molecule has 5 nitrogen and oxygen atoms in total. The molecule has 21 heavy (non-hydrogen) atoms. The predicted molar refractivity (Wildman–Crippen MR) is 80.7 cm³/mol. The Morgan fingerprint density at radius 2 is 2.14 bits per heavy atom. The summed E-state index contributed by atoms with van der Waals surface area (Å²) in [6.45, 7) is 0. The van der Waals surface area contributed by atoms with E-state index < -0.39 is 5.97 Å². The van der Waals surface area contributed by atoms with Gasteiger partial charge in [0.15, 0.2) is 0 Å². The minimum Gasteiger partial charge on any atom is -0.478 e. The summed E-state index contributed by atoms with van der Waals surface area (Å²) in [5.41, 5.74) is 1.54. The van der Waals surface area contributed by atoms with Crippen LogP contribution in [-0.2, 0) is 0 Å². The van der Waals surface area contributed by atoms with E-state index in [4.69, 9.17) is 11.6 Å². The summed E-state index contributed by atoms with van der Waals surface area (Å²) in [5.74, 6) is -0.821. The van der Waals surface area contributed by atoms with Crippen molar-refractivity contribution >= 4 is 39.1 Å². The molecule has 0 atom stereocenters. The number of nitrogens with zero attached hydrogens (tertiary/aromatic N) is 3. The second-order valence-electron chi connectivity index (χ2n) is 5.01. The predicted octanol–water partition coefficient (Wildman–Crippen LogP) is 3.71. The fraction of sp³-hybridized carbons (Fsp3) is 0.214. The average Bonchev–Trinajstić information content (AvgIpc) is 3.11. The fourth-order valence-corrected chi connectivity index (χ4v) is 3.60. The van der Waals surface area contributed by atoms with Crippen molar-refractivity contribution in [1.29, 1.82) is 0 Å². The Labute approximate surface area is 128 Å². The molecular formula is C14H10ClN3O2S. The molecule has 2 aromatic heterocycles. The molecule has 1 aromatic carbocycles. The van der Waals surface area contributed by atoms with Crippen LogP contribution >= 0.6 is 22.9 Å².